The lowest BCUT2D eigenvalue weighted by Gasteiger charge is -2.11. The number of rotatable bonds is 6. The molecule has 0 aliphatic heterocycles. The zero-order valence-corrected chi connectivity index (χ0v) is 14.0. The van der Waals surface area contributed by atoms with Crippen LogP contribution in [-0.2, 0) is 14.8 Å². The van der Waals surface area contributed by atoms with Crippen molar-refractivity contribution in [3.63, 3.8) is 0 Å². The third kappa shape index (κ3) is 3.44. The normalized spacial score (nSPS) is 10.9. The van der Waals surface area contributed by atoms with E-state index in [1.54, 1.807) is 0 Å². The number of sulfonamides is 1. The third-order valence-electron chi connectivity index (χ3n) is 2.84. The van der Waals surface area contributed by atoms with Crippen molar-refractivity contribution in [1.29, 1.82) is 0 Å². The van der Waals surface area contributed by atoms with E-state index in [9.17, 15) is 23.3 Å². The molecule has 0 saturated heterocycles. The first-order valence-corrected chi connectivity index (χ1v) is 8.50. The second-order valence-corrected chi connectivity index (χ2v) is 6.55. The summed E-state index contributed by atoms with van der Waals surface area (Å²) in [6.07, 6.45) is 0. The van der Waals surface area contributed by atoms with Gasteiger partial charge >= 0.3 is 5.97 Å². The largest absolute Gasteiger partial charge is 0.495 e. The number of ether oxygens (including phenoxy) is 2. The summed E-state index contributed by atoms with van der Waals surface area (Å²) in [6.45, 7) is 0. The predicted molar refractivity (Wildman–Crippen MR) is 83.9 cm³/mol. The monoisotopic (exact) mass is 373 g/mol. The molecule has 0 spiro atoms. The molecule has 1 aromatic carbocycles. The Morgan fingerprint density at radius 1 is 1.38 bits per heavy atom. The number of nitrogens with one attached hydrogen (secondary N) is 1. The van der Waals surface area contributed by atoms with Gasteiger partial charge in [0.15, 0.2) is 5.69 Å². The fraction of sp³-hybridized carbons (Fsp3) is 0.167. The Bertz CT molecular complexity index is 892. The molecule has 0 unspecified atom stereocenters. The Labute approximate surface area is 140 Å². The van der Waals surface area contributed by atoms with E-state index in [1.807, 2.05) is 0 Å². The van der Waals surface area contributed by atoms with Crippen LogP contribution >= 0.6 is 11.5 Å². The minimum Gasteiger partial charge on any atom is -0.495 e. The van der Waals surface area contributed by atoms with Crippen LogP contribution in [0.2, 0.25) is 0 Å². The topological polar surface area (TPSA) is 138 Å². The van der Waals surface area contributed by atoms with Gasteiger partial charge in [0.2, 0.25) is 0 Å². The fourth-order valence-electron chi connectivity index (χ4n) is 1.74. The maximum atomic E-state index is 12.5. The van der Waals surface area contributed by atoms with Crippen LogP contribution in [0.1, 0.15) is 10.5 Å². The van der Waals surface area contributed by atoms with Gasteiger partial charge in [-0.2, -0.15) is 4.37 Å². The van der Waals surface area contributed by atoms with Crippen LogP contribution in [0.25, 0.3) is 0 Å². The van der Waals surface area contributed by atoms with Gasteiger partial charge in [-0.05, 0) is 17.6 Å². The summed E-state index contributed by atoms with van der Waals surface area (Å²) in [5, 5.41) is 12.2. The van der Waals surface area contributed by atoms with Gasteiger partial charge in [0, 0.05) is 17.5 Å². The van der Waals surface area contributed by atoms with Crippen LogP contribution in [0.15, 0.2) is 28.5 Å². The van der Waals surface area contributed by atoms with Crippen molar-refractivity contribution in [1.82, 2.24) is 4.37 Å². The molecule has 0 aliphatic carbocycles. The van der Waals surface area contributed by atoms with Crippen molar-refractivity contribution in [2.24, 2.45) is 0 Å². The second-order valence-electron chi connectivity index (χ2n) is 4.27. The summed E-state index contributed by atoms with van der Waals surface area (Å²) in [5.74, 6) is -0.907. The van der Waals surface area contributed by atoms with E-state index in [-0.39, 0.29) is 17.1 Å². The second kappa shape index (κ2) is 6.80. The number of aromatic nitrogens is 1. The van der Waals surface area contributed by atoms with E-state index >= 15 is 0 Å². The molecule has 1 aromatic heterocycles. The number of carbonyl (C=O) groups excluding carboxylic acids is 1. The molecule has 0 fully saturated rings. The number of esters is 1. The van der Waals surface area contributed by atoms with Gasteiger partial charge in [-0.3, -0.25) is 14.8 Å². The van der Waals surface area contributed by atoms with Gasteiger partial charge < -0.3 is 9.47 Å². The van der Waals surface area contributed by atoms with Crippen LogP contribution in [0.3, 0.4) is 0 Å². The number of non-ortho nitro benzene ring substituents is 1. The lowest BCUT2D eigenvalue weighted by molar-refractivity contribution is -0.385. The Kier molecular flexibility index (Phi) is 4.99. The highest BCUT2D eigenvalue weighted by Gasteiger charge is 2.26. The van der Waals surface area contributed by atoms with Crippen LogP contribution < -0.4 is 9.46 Å². The molecule has 24 heavy (non-hydrogen) atoms. The predicted octanol–water partition coefficient (Wildman–Crippen LogP) is 1.65. The Balaban J connectivity index is 2.48. The molecule has 0 atom stereocenters. The van der Waals surface area contributed by atoms with Gasteiger partial charge in [0.25, 0.3) is 15.7 Å². The molecule has 10 nitrogen and oxygen atoms in total. The molecule has 0 bridgehead atoms. The number of hydrogen-bond donors (Lipinski definition) is 1. The molecule has 2 aromatic rings. The summed E-state index contributed by atoms with van der Waals surface area (Å²) in [7, 11) is -1.91. The minimum absolute atomic E-state index is 0.0871. The van der Waals surface area contributed by atoms with E-state index in [4.69, 9.17) is 4.74 Å². The summed E-state index contributed by atoms with van der Waals surface area (Å²) in [5.41, 5.74) is -0.733. The number of benzene rings is 1. The van der Waals surface area contributed by atoms with Crippen molar-refractivity contribution in [3.8, 4) is 5.75 Å². The van der Waals surface area contributed by atoms with Crippen molar-refractivity contribution in [3.05, 3.63) is 39.4 Å². The maximum absolute atomic E-state index is 12.5. The maximum Gasteiger partial charge on any atom is 0.359 e. The molecule has 1 heterocycles. The van der Waals surface area contributed by atoms with E-state index in [2.05, 4.69) is 13.8 Å². The van der Waals surface area contributed by atoms with Crippen molar-refractivity contribution >= 4 is 38.9 Å². The number of anilines is 1. The molecule has 1 N–H and O–H groups in total. The molecule has 12 heteroatoms. The highest BCUT2D eigenvalue weighted by atomic mass is 32.2. The van der Waals surface area contributed by atoms with Gasteiger partial charge in [-0.15, -0.1) is 0 Å². The number of nitro benzene ring substituents is 1. The van der Waals surface area contributed by atoms with Crippen molar-refractivity contribution in [2.45, 2.75) is 4.90 Å². The van der Waals surface area contributed by atoms with Crippen LogP contribution in [0.4, 0.5) is 11.4 Å². The first-order valence-electron chi connectivity index (χ1n) is 6.18. The average Bonchev–Trinajstić information content (AvgIpc) is 3.00. The Morgan fingerprint density at radius 3 is 2.67 bits per heavy atom. The molecule has 0 saturated carbocycles. The first kappa shape index (κ1) is 17.6. The van der Waals surface area contributed by atoms with Gasteiger partial charge in [-0.25, -0.2) is 13.2 Å². The smallest absolute Gasteiger partial charge is 0.359 e. The lowest BCUT2D eigenvalue weighted by Crippen LogP contribution is -2.16. The quantitative estimate of drug-likeness (QED) is 0.458. The molecular formula is C12H11N3O7S2. The SMILES string of the molecule is COC(=O)c1nscc1NS(=O)(=O)c1cc([N+](=O)[O-])ccc1OC. The molecule has 0 radical (unpaired) electrons. The molecule has 0 amide bonds. The number of hydrogen-bond acceptors (Lipinski definition) is 9. The third-order valence-corrected chi connectivity index (χ3v) is 4.86. The van der Waals surface area contributed by atoms with Crippen molar-refractivity contribution < 1.29 is 27.6 Å². The highest BCUT2D eigenvalue weighted by molar-refractivity contribution is 7.92. The number of nitro groups is 1. The zero-order chi connectivity index (χ0) is 17.9. The van der Waals surface area contributed by atoms with E-state index in [0.717, 1.165) is 30.8 Å². The van der Waals surface area contributed by atoms with Crippen LogP contribution in [0.5, 0.6) is 5.75 Å². The van der Waals surface area contributed by atoms with Crippen LogP contribution in [-0.4, -0.2) is 37.9 Å². The van der Waals surface area contributed by atoms with Gasteiger partial charge in [0.1, 0.15) is 10.6 Å². The summed E-state index contributed by atoms with van der Waals surface area (Å²) in [4.78, 5) is 21.2. The molecule has 128 valence electrons. The Morgan fingerprint density at radius 2 is 2.08 bits per heavy atom. The fourth-order valence-corrected chi connectivity index (χ4v) is 3.67. The van der Waals surface area contributed by atoms with E-state index in [1.165, 1.54) is 18.6 Å². The van der Waals surface area contributed by atoms with E-state index < -0.39 is 31.5 Å². The van der Waals surface area contributed by atoms with Crippen molar-refractivity contribution in [2.75, 3.05) is 18.9 Å². The first-order chi connectivity index (χ1) is 11.3. The number of methoxy groups -OCH3 is 2. The summed E-state index contributed by atoms with van der Waals surface area (Å²) >= 11 is 0.847. The average molecular weight is 373 g/mol. The molecule has 2 rings (SSSR count). The Hall–Kier alpha value is -2.73. The highest BCUT2D eigenvalue weighted by Crippen LogP contribution is 2.30. The molecule has 0 aliphatic rings. The van der Waals surface area contributed by atoms with Crippen LogP contribution in [0, 0.1) is 10.1 Å². The van der Waals surface area contributed by atoms with Gasteiger partial charge in [-0.1, -0.05) is 0 Å². The van der Waals surface area contributed by atoms with Gasteiger partial charge in [0.05, 0.1) is 24.8 Å². The minimum atomic E-state index is -4.27. The number of carbonyl (C=O) groups is 1. The zero-order valence-electron chi connectivity index (χ0n) is 12.4. The number of nitrogens with zero attached hydrogens (tertiary/aromatic N) is 2. The summed E-state index contributed by atoms with van der Waals surface area (Å²) in [6, 6.07) is 3.14. The summed E-state index contributed by atoms with van der Waals surface area (Å²) < 4.78 is 40.4. The standard InChI is InChI=1S/C12H11N3O7S2/c1-21-9-4-3-7(15(17)18)5-10(9)24(19,20)14-8-6-23-13-11(8)12(16)22-2/h3-6,14H,1-2H3. The molecular weight excluding hydrogens is 362 g/mol. The van der Waals surface area contributed by atoms with E-state index in [0.29, 0.717) is 0 Å². The lowest BCUT2D eigenvalue weighted by atomic mass is 10.3.